The van der Waals surface area contributed by atoms with E-state index >= 15 is 0 Å². The molecule has 0 aromatic heterocycles. The van der Waals surface area contributed by atoms with Gasteiger partial charge in [0.05, 0.1) is 0 Å². The third kappa shape index (κ3) is 2.49. The highest BCUT2D eigenvalue weighted by atomic mass is 32.2. The molecule has 0 saturated heterocycles. The number of benzene rings is 2. The van der Waals surface area contributed by atoms with E-state index in [0.29, 0.717) is 0 Å². The number of carboxylic acid groups (broad SMARTS) is 1. The van der Waals surface area contributed by atoms with Crippen LogP contribution in [0.5, 0.6) is 0 Å². The molecule has 0 aliphatic carbocycles. The van der Waals surface area contributed by atoms with Gasteiger partial charge >= 0.3 is 0 Å². The smallest absolute Gasteiger partial charge is 0.0452 e. The van der Waals surface area contributed by atoms with Crippen molar-refractivity contribution in [2.45, 2.75) is 17.1 Å². The summed E-state index contributed by atoms with van der Waals surface area (Å²) in [6.45, 7) is 0. The number of rotatable bonds is 2. The summed E-state index contributed by atoms with van der Waals surface area (Å²) in [5, 5.41) is 10.8. The molecular weight excluding hydrogens is 268 g/mol. The first kappa shape index (κ1) is 13.0. The lowest BCUT2D eigenvalue weighted by Gasteiger charge is -2.11. The zero-order valence-corrected chi connectivity index (χ0v) is 11.7. The van der Waals surface area contributed by atoms with Gasteiger partial charge in [0.25, 0.3) is 0 Å². The normalized spacial score (nSPS) is 15.3. The number of hydrogen-bond acceptors (Lipinski definition) is 3. The minimum Gasteiger partial charge on any atom is -0.550 e. The van der Waals surface area contributed by atoms with Crippen molar-refractivity contribution in [3.8, 4) is 0 Å². The number of carbonyl (C=O) groups excluding carboxylic acids is 1. The van der Waals surface area contributed by atoms with Gasteiger partial charge in [0, 0.05) is 23.0 Å². The van der Waals surface area contributed by atoms with Gasteiger partial charge in [0.15, 0.2) is 0 Å². The average Bonchev–Trinajstić information content (AvgIpc) is 2.62. The Hall–Kier alpha value is -2.00. The van der Waals surface area contributed by atoms with Crippen LogP contribution in [0.2, 0.25) is 0 Å². The van der Waals surface area contributed by atoms with Crippen LogP contribution >= 0.6 is 11.8 Å². The fraction of sp³-hybridized carbons (Fsp3) is 0.118. The van der Waals surface area contributed by atoms with Crippen molar-refractivity contribution >= 4 is 23.3 Å². The highest BCUT2D eigenvalue weighted by Crippen LogP contribution is 2.39. The van der Waals surface area contributed by atoms with Gasteiger partial charge in [0.1, 0.15) is 0 Å². The molecule has 0 bridgehead atoms. The summed E-state index contributed by atoms with van der Waals surface area (Å²) >= 11 is 1.79. The van der Waals surface area contributed by atoms with Crippen molar-refractivity contribution in [2.75, 3.05) is 0 Å². The molecule has 20 heavy (non-hydrogen) atoms. The molecular formula is C17H13O2S-. The molecule has 2 aromatic rings. The van der Waals surface area contributed by atoms with E-state index in [1.54, 1.807) is 17.8 Å². The second kappa shape index (κ2) is 5.55. The van der Waals surface area contributed by atoms with E-state index in [0.717, 1.165) is 22.5 Å². The molecule has 100 valence electrons. The molecule has 3 heteroatoms. The van der Waals surface area contributed by atoms with Crippen LogP contribution in [0, 0.1) is 0 Å². The Bertz CT molecular complexity index is 639. The Balaban J connectivity index is 2.19. The molecule has 3 rings (SSSR count). The summed E-state index contributed by atoms with van der Waals surface area (Å²) in [5.41, 5.74) is 4.44. The van der Waals surface area contributed by atoms with Crippen LogP contribution in [-0.4, -0.2) is 5.97 Å². The number of thioether (sulfide) groups is 1. The highest BCUT2D eigenvalue weighted by Gasteiger charge is 2.17. The quantitative estimate of drug-likeness (QED) is 0.850. The topological polar surface area (TPSA) is 40.1 Å². The van der Waals surface area contributed by atoms with Gasteiger partial charge in [-0.15, -0.1) is 11.8 Å². The van der Waals surface area contributed by atoms with E-state index in [4.69, 9.17) is 0 Å². The average molecular weight is 281 g/mol. The SMILES string of the molecule is O=C([O-])C/C=C1/c2ccccc2CSc2ccccc21. The van der Waals surface area contributed by atoms with Crippen molar-refractivity contribution in [3.63, 3.8) is 0 Å². The van der Waals surface area contributed by atoms with E-state index in [-0.39, 0.29) is 6.42 Å². The minimum atomic E-state index is -1.05. The Morgan fingerprint density at radius 3 is 2.60 bits per heavy atom. The third-order valence-electron chi connectivity index (χ3n) is 3.34. The van der Waals surface area contributed by atoms with E-state index < -0.39 is 5.97 Å². The number of carboxylic acids is 1. The van der Waals surface area contributed by atoms with Gasteiger partial charge in [-0.25, -0.2) is 0 Å². The van der Waals surface area contributed by atoms with Crippen molar-refractivity contribution in [2.24, 2.45) is 0 Å². The largest absolute Gasteiger partial charge is 0.550 e. The highest BCUT2D eigenvalue weighted by molar-refractivity contribution is 7.98. The van der Waals surface area contributed by atoms with Crippen LogP contribution in [0.3, 0.4) is 0 Å². The maximum absolute atomic E-state index is 10.8. The lowest BCUT2D eigenvalue weighted by atomic mass is 9.93. The van der Waals surface area contributed by atoms with Crippen molar-refractivity contribution in [3.05, 3.63) is 71.3 Å². The monoisotopic (exact) mass is 281 g/mol. The summed E-state index contributed by atoms with van der Waals surface area (Å²) in [7, 11) is 0. The van der Waals surface area contributed by atoms with E-state index in [9.17, 15) is 9.90 Å². The molecule has 1 aliphatic heterocycles. The predicted molar refractivity (Wildman–Crippen MR) is 79.1 cm³/mol. The minimum absolute atomic E-state index is 0.0668. The summed E-state index contributed by atoms with van der Waals surface area (Å²) in [4.78, 5) is 12.0. The fourth-order valence-electron chi connectivity index (χ4n) is 2.43. The number of fused-ring (bicyclic) bond motifs is 2. The van der Waals surface area contributed by atoms with Crippen molar-refractivity contribution in [1.82, 2.24) is 0 Å². The second-order valence-corrected chi connectivity index (χ2v) is 5.65. The number of aliphatic carboxylic acids is 1. The molecule has 0 N–H and O–H groups in total. The molecule has 1 aliphatic rings. The standard InChI is InChI=1S/C17H14O2S/c18-17(19)10-9-14-13-6-2-1-5-12(13)11-20-16-8-4-3-7-15(14)16/h1-9H,10-11H2,(H,18,19)/p-1/b14-9-. The van der Waals surface area contributed by atoms with Gasteiger partial charge in [-0.1, -0.05) is 48.5 Å². The van der Waals surface area contributed by atoms with Crippen LogP contribution in [0.4, 0.5) is 0 Å². The lowest BCUT2D eigenvalue weighted by Crippen LogP contribution is -2.20. The molecule has 0 amide bonds. The Labute approximate surface area is 122 Å². The zero-order chi connectivity index (χ0) is 13.9. The molecule has 0 radical (unpaired) electrons. The van der Waals surface area contributed by atoms with Gasteiger partial charge in [-0.3, -0.25) is 0 Å². The molecule has 1 heterocycles. The Morgan fingerprint density at radius 1 is 1.10 bits per heavy atom. The summed E-state index contributed by atoms with van der Waals surface area (Å²) < 4.78 is 0. The van der Waals surface area contributed by atoms with Gasteiger partial charge in [-0.2, -0.15) is 0 Å². The molecule has 2 aromatic carbocycles. The molecule has 2 nitrogen and oxygen atoms in total. The van der Waals surface area contributed by atoms with Crippen LogP contribution in [0.1, 0.15) is 23.1 Å². The van der Waals surface area contributed by atoms with Crippen LogP contribution in [0.25, 0.3) is 5.57 Å². The fourth-order valence-corrected chi connectivity index (χ4v) is 3.50. The Kier molecular flexibility index (Phi) is 3.61. The van der Waals surface area contributed by atoms with E-state index in [2.05, 4.69) is 18.2 Å². The molecule has 0 fully saturated rings. The molecule has 0 saturated carbocycles. The third-order valence-corrected chi connectivity index (χ3v) is 4.46. The number of carbonyl (C=O) groups is 1. The summed E-state index contributed by atoms with van der Waals surface area (Å²) in [6.07, 6.45) is 1.70. The predicted octanol–water partition coefficient (Wildman–Crippen LogP) is 2.86. The van der Waals surface area contributed by atoms with Gasteiger partial charge in [-0.05, 0) is 28.3 Å². The second-order valence-electron chi connectivity index (χ2n) is 4.64. The molecule has 0 unspecified atom stereocenters. The van der Waals surface area contributed by atoms with Crippen LogP contribution in [-0.2, 0) is 10.5 Å². The van der Waals surface area contributed by atoms with Gasteiger partial charge < -0.3 is 9.90 Å². The zero-order valence-electron chi connectivity index (χ0n) is 10.8. The summed E-state index contributed by atoms with van der Waals surface area (Å²) in [6, 6.07) is 16.3. The van der Waals surface area contributed by atoms with Crippen molar-refractivity contribution < 1.29 is 9.90 Å². The molecule has 0 spiro atoms. The van der Waals surface area contributed by atoms with E-state index in [1.807, 2.05) is 30.3 Å². The van der Waals surface area contributed by atoms with Crippen LogP contribution < -0.4 is 5.11 Å². The Morgan fingerprint density at radius 2 is 1.80 bits per heavy atom. The van der Waals surface area contributed by atoms with Gasteiger partial charge in [0.2, 0.25) is 0 Å². The lowest BCUT2D eigenvalue weighted by molar-refractivity contribution is -0.304. The summed E-state index contributed by atoms with van der Waals surface area (Å²) in [5.74, 6) is -0.153. The first-order valence-corrected chi connectivity index (χ1v) is 7.45. The van der Waals surface area contributed by atoms with Crippen molar-refractivity contribution in [1.29, 1.82) is 0 Å². The molecule has 0 atom stereocenters. The number of hydrogen-bond donors (Lipinski definition) is 0. The maximum atomic E-state index is 10.8. The first-order valence-electron chi connectivity index (χ1n) is 6.46. The van der Waals surface area contributed by atoms with Crippen LogP contribution in [0.15, 0.2) is 59.5 Å². The van der Waals surface area contributed by atoms with E-state index in [1.165, 1.54) is 10.5 Å². The first-order chi connectivity index (χ1) is 9.75. The maximum Gasteiger partial charge on any atom is 0.0452 e.